The number of hydrogen-bond acceptors (Lipinski definition) is 5. The van der Waals surface area contributed by atoms with E-state index in [1.807, 2.05) is 30.3 Å². The minimum absolute atomic E-state index is 0.00937. The van der Waals surface area contributed by atoms with E-state index in [0.29, 0.717) is 23.9 Å². The molecule has 0 fully saturated rings. The molecule has 3 rings (SSSR count). The molecule has 0 saturated carbocycles. The molecule has 1 aromatic heterocycles. The summed E-state index contributed by atoms with van der Waals surface area (Å²) in [7, 11) is 1.42. The predicted octanol–water partition coefficient (Wildman–Crippen LogP) is 2.94. The van der Waals surface area contributed by atoms with Crippen molar-refractivity contribution in [1.29, 1.82) is 0 Å². The number of thioether (sulfide) groups is 1. The summed E-state index contributed by atoms with van der Waals surface area (Å²) < 4.78 is 20.1. The van der Waals surface area contributed by atoms with Gasteiger partial charge in [0.1, 0.15) is 11.6 Å². The number of aryl methyl sites for hydroxylation is 1. The molecule has 0 unspecified atom stereocenters. The zero-order chi connectivity index (χ0) is 19.2. The van der Waals surface area contributed by atoms with Crippen LogP contribution in [0.5, 0.6) is 5.75 Å². The molecule has 0 bridgehead atoms. The Balaban J connectivity index is 1.69. The lowest BCUT2D eigenvalue weighted by Crippen LogP contribution is -2.19. The van der Waals surface area contributed by atoms with E-state index in [-0.39, 0.29) is 22.8 Å². The van der Waals surface area contributed by atoms with Crippen molar-refractivity contribution in [1.82, 2.24) is 14.8 Å². The Kier molecular flexibility index (Phi) is 6.08. The van der Waals surface area contributed by atoms with Crippen molar-refractivity contribution < 1.29 is 13.9 Å². The van der Waals surface area contributed by atoms with Gasteiger partial charge >= 0.3 is 5.69 Å². The molecule has 8 heteroatoms. The molecule has 6 nitrogen and oxygen atoms in total. The van der Waals surface area contributed by atoms with Gasteiger partial charge in [0.25, 0.3) is 0 Å². The number of ether oxygens (including phenoxy) is 1. The number of ketones is 1. The summed E-state index contributed by atoms with van der Waals surface area (Å²) in [4.78, 5) is 24.5. The number of aromatic nitrogens is 3. The standard InChI is InChI=1S/C19H18FN3O3S/c1-26-17-8-7-14(20)11-15(17)16(24)12-27-19-22-21-18(25)23(19)10-9-13-5-3-2-4-6-13/h2-8,11H,9-10,12H2,1H3,(H,21,25). The Morgan fingerprint density at radius 1 is 1.26 bits per heavy atom. The van der Waals surface area contributed by atoms with E-state index >= 15 is 0 Å². The molecule has 0 saturated heterocycles. The highest BCUT2D eigenvalue weighted by molar-refractivity contribution is 7.99. The lowest BCUT2D eigenvalue weighted by atomic mass is 10.1. The van der Waals surface area contributed by atoms with Crippen LogP contribution in [0.1, 0.15) is 15.9 Å². The fraction of sp³-hybridized carbons (Fsp3) is 0.211. The topological polar surface area (TPSA) is 77.0 Å². The number of H-pyrrole nitrogens is 1. The maximum absolute atomic E-state index is 13.5. The second-order valence-corrected chi connectivity index (χ2v) is 6.70. The Morgan fingerprint density at radius 3 is 2.78 bits per heavy atom. The molecule has 3 aromatic rings. The van der Waals surface area contributed by atoms with Gasteiger partial charge in [0, 0.05) is 6.54 Å². The SMILES string of the molecule is COc1ccc(F)cc1C(=O)CSc1n[nH]c(=O)n1CCc1ccccc1. The number of benzene rings is 2. The number of halogens is 1. The molecular weight excluding hydrogens is 369 g/mol. The largest absolute Gasteiger partial charge is 0.496 e. The Bertz CT molecular complexity index is 985. The van der Waals surface area contributed by atoms with E-state index in [4.69, 9.17) is 4.74 Å². The van der Waals surface area contributed by atoms with Crippen LogP contribution in [0, 0.1) is 5.82 Å². The van der Waals surface area contributed by atoms with Gasteiger partial charge in [-0.25, -0.2) is 14.3 Å². The van der Waals surface area contributed by atoms with Gasteiger partial charge in [-0.1, -0.05) is 42.1 Å². The van der Waals surface area contributed by atoms with Crippen LogP contribution < -0.4 is 10.4 Å². The van der Waals surface area contributed by atoms with E-state index in [0.717, 1.165) is 23.4 Å². The van der Waals surface area contributed by atoms with Crippen molar-refractivity contribution in [3.63, 3.8) is 0 Å². The molecule has 2 aromatic carbocycles. The number of rotatable bonds is 8. The monoisotopic (exact) mass is 387 g/mol. The molecule has 0 atom stereocenters. The number of aromatic amines is 1. The summed E-state index contributed by atoms with van der Waals surface area (Å²) in [5, 5.41) is 6.81. The van der Waals surface area contributed by atoms with E-state index in [9.17, 15) is 14.0 Å². The molecule has 0 radical (unpaired) electrons. The summed E-state index contributed by atoms with van der Waals surface area (Å²) in [6, 6.07) is 13.6. The number of Topliss-reactive ketones (excluding diaryl/α,β-unsaturated/α-hetero) is 1. The Morgan fingerprint density at radius 2 is 2.04 bits per heavy atom. The van der Waals surface area contributed by atoms with Crippen molar-refractivity contribution in [3.05, 3.63) is 76.0 Å². The van der Waals surface area contributed by atoms with Crippen LogP contribution >= 0.6 is 11.8 Å². The lowest BCUT2D eigenvalue weighted by Gasteiger charge is -2.08. The number of carbonyl (C=O) groups excluding carboxylic acids is 1. The first kappa shape index (κ1) is 18.9. The molecule has 0 aliphatic heterocycles. The average molecular weight is 387 g/mol. The minimum atomic E-state index is -0.510. The molecule has 0 amide bonds. The lowest BCUT2D eigenvalue weighted by molar-refractivity contribution is 0.101. The van der Waals surface area contributed by atoms with Gasteiger partial charge < -0.3 is 4.74 Å². The maximum Gasteiger partial charge on any atom is 0.343 e. The molecule has 140 valence electrons. The number of carbonyl (C=O) groups is 1. The average Bonchev–Trinajstić information content (AvgIpc) is 3.04. The Hall–Kier alpha value is -2.87. The first-order valence-electron chi connectivity index (χ1n) is 8.27. The highest BCUT2D eigenvalue weighted by atomic mass is 32.2. The zero-order valence-corrected chi connectivity index (χ0v) is 15.5. The number of nitrogens with zero attached hydrogens (tertiary/aromatic N) is 2. The van der Waals surface area contributed by atoms with Crippen LogP contribution in [0.15, 0.2) is 58.5 Å². The number of methoxy groups -OCH3 is 1. The van der Waals surface area contributed by atoms with Crippen LogP contribution in [0.25, 0.3) is 0 Å². The van der Waals surface area contributed by atoms with Gasteiger partial charge in [-0.15, -0.1) is 5.10 Å². The first-order valence-corrected chi connectivity index (χ1v) is 9.25. The van der Waals surface area contributed by atoms with Crippen molar-refractivity contribution in [2.75, 3.05) is 12.9 Å². The zero-order valence-electron chi connectivity index (χ0n) is 14.6. The fourth-order valence-corrected chi connectivity index (χ4v) is 3.46. The summed E-state index contributed by atoms with van der Waals surface area (Å²) in [6.45, 7) is 0.444. The molecular formula is C19H18FN3O3S. The number of hydrogen-bond donors (Lipinski definition) is 1. The molecule has 0 spiro atoms. The quantitative estimate of drug-likeness (QED) is 0.475. The molecule has 0 aliphatic rings. The highest BCUT2D eigenvalue weighted by Gasteiger charge is 2.16. The van der Waals surface area contributed by atoms with Gasteiger partial charge in [-0.2, -0.15) is 0 Å². The second kappa shape index (κ2) is 8.68. The van der Waals surface area contributed by atoms with Gasteiger partial charge in [-0.3, -0.25) is 9.36 Å². The predicted molar refractivity (Wildman–Crippen MR) is 101 cm³/mol. The number of nitrogens with one attached hydrogen (secondary N) is 1. The normalized spacial score (nSPS) is 10.7. The molecule has 27 heavy (non-hydrogen) atoms. The van der Waals surface area contributed by atoms with Gasteiger partial charge in [0.05, 0.1) is 18.4 Å². The van der Waals surface area contributed by atoms with Crippen LogP contribution in [0.3, 0.4) is 0 Å². The third-order valence-corrected chi connectivity index (χ3v) is 4.96. The van der Waals surface area contributed by atoms with Crippen LogP contribution in [0.4, 0.5) is 4.39 Å². The fourth-order valence-electron chi connectivity index (χ4n) is 2.60. The van der Waals surface area contributed by atoms with Crippen molar-refractivity contribution >= 4 is 17.5 Å². The first-order chi connectivity index (χ1) is 13.1. The second-order valence-electron chi connectivity index (χ2n) is 5.76. The van der Waals surface area contributed by atoms with Gasteiger partial charge in [0.2, 0.25) is 0 Å². The van der Waals surface area contributed by atoms with E-state index in [2.05, 4.69) is 10.2 Å². The van der Waals surface area contributed by atoms with Gasteiger partial charge in [-0.05, 0) is 30.2 Å². The minimum Gasteiger partial charge on any atom is -0.496 e. The maximum atomic E-state index is 13.5. The van der Waals surface area contributed by atoms with Gasteiger partial charge in [0.15, 0.2) is 10.9 Å². The van der Waals surface area contributed by atoms with Crippen molar-refractivity contribution in [2.24, 2.45) is 0 Å². The summed E-state index contributed by atoms with van der Waals surface area (Å²) in [6.07, 6.45) is 0.666. The molecule has 1 heterocycles. The van der Waals surface area contributed by atoms with E-state index in [1.54, 1.807) is 0 Å². The van der Waals surface area contributed by atoms with Crippen LogP contribution in [0.2, 0.25) is 0 Å². The summed E-state index contributed by atoms with van der Waals surface area (Å²) in [5.41, 5.74) is 0.935. The molecule has 0 aliphatic carbocycles. The smallest absolute Gasteiger partial charge is 0.343 e. The summed E-state index contributed by atoms with van der Waals surface area (Å²) >= 11 is 1.12. The highest BCUT2D eigenvalue weighted by Crippen LogP contribution is 2.23. The van der Waals surface area contributed by atoms with Crippen molar-refractivity contribution in [3.8, 4) is 5.75 Å². The van der Waals surface area contributed by atoms with E-state index in [1.165, 1.54) is 23.8 Å². The van der Waals surface area contributed by atoms with Crippen molar-refractivity contribution in [2.45, 2.75) is 18.1 Å². The van der Waals surface area contributed by atoms with Crippen LogP contribution in [-0.2, 0) is 13.0 Å². The Labute approximate surface area is 159 Å². The van der Waals surface area contributed by atoms with Crippen LogP contribution in [-0.4, -0.2) is 33.4 Å². The summed E-state index contributed by atoms with van der Waals surface area (Å²) in [5.74, 6) is -0.495. The van der Waals surface area contributed by atoms with E-state index < -0.39 is 5.82 Å². The molecule has 1 N–H and O–H groups in total. The third-order valence-electron chi connectivity index (χ3n) is 3.98. The third kappa shape index (κ3) is 4.65.